The average Bonchev–Trinajstić information content (AvgIpc) is 3.25. The lowest BCUT2D eigenvalue weighted by Crippen LogP contribution is -2.45. The molecule has 0 atom stereocenters. The predicted octanol–water partition coefficient (Wildman–Crippen LogP) is 6.12. The molecular formula is C25H33N3O. The molecule has 3 aromatic rings. The third-order valence-electron chi connectivity index (χ3n) is 8.09. The van der Waals surface area contributed by atoms with E-state index in [1.54, 1.807) is 11.3 Å². The second kappa shape index (κ2) is 6.60. The number of aromatic amines is 1. The van der Waals surface area contributed by atoms with Gasteiger partial charge in [-0.25, -0.2) is 0 Å². The summed E-state index contributed by atoms with van der Waals surface area (Å²) in [5, 5.41) is 10.2. The molecule has 0 radical (unpaired) electrons. The van der Waals surface area contributed by atoms with Crippen LogP contribution >= 0.6 is 0 Å². The van der Waals surface area contributed by atoms with E-state index >= 15 is 0 Å². The largest absolute Gasteiger partial charge is 0.381 e. The average molecular weight is 392 g/mol. The van der Waals surface area contributed by atoms with E-state index in [-0.39, 0.29) is 0 Å². The Morgan fingerprint density at radius 3 is 2.66 bits per heavy atom. The molecular weight excluding hydrogens is 358 g/mol. The topological polar surface area (TPSA) is 42.8 Å². The van der Waals surface area contributed by atoms with Crippen LogP contribution in [0.4, 0.5) is 0 Å². The van der Waals surface area contributed by atoms with E-state index in [4.69, 9.17) is 4.74 Å². The number of benzene rings is 1. The van der Waals surface area contributed by atoms with Gasteiger partial charge < -0.3 is 9.30 Å². The third kappa shape index (κ3) is 2.71. The van der Waals surface area contributed by atoms with Crippen molar-refractivity contribution in [2.24, 2.45) is 11.3 Å². The van der Waals surface area contributed by atoms with Crippen molar-refractivity contribution in [1.29, 1.82) is 0 Å². The molecule has 6 rings (SSSR count). The highest BCUT2D eigenvalue weighted by atomic mass is 16.5. The summed E-state index contributed by atoms with van der Waals surface area (Å²) in [5.41, 5.74) is 6.62. The standard InChI is InChI=1S/C25H33N3O/c1-3-6-28-22-9-18-15-26-27-21(18)10-20(22)23(24(28)17-4-7-29-8-5-17)19-13-25(14-19)11-16(2)12-25/h9-10,15-17,19H,3-8,11-14H2,1-2H3,(H,26,27). The molecule has 4 nitrogen and oxygen atoms in total. The minimum Gasteiger partial charge on any atom is -0.381 e. The molecule has 3 heterocycles. The summed E-state index contributed by atoms with van der Waals surface area (Å²) in [6, 6.07) is 4.78. The third-order valence-corrected chi connectivity index (χ3v) is 8.09. The van der Waals surface area contributed by atoms with Gasteiger partial charge in [-0.1, -0.05) is 13.8 Å². The fourth-order valence-corrected chi connectivity index (χ4v) is 7.08. The number of H-pyrrole nitrogens is 1. The first kappa shape index (κ1) is 18.0. The SMILES string of the molecule is CCCn1c(C2CCOCC2)c(C2CC3(CC(C)C3)C2)c2cc3[nH]ncc3cc21. The molecule has 4 heteroatoms. The maximum atomic E-state index is 5.74. The molecule has 0 bridgehead atoms. The first-order chi connectivity index (χ1) is 14.2. The highest BCUT2D eigenvalue weighted by molar-refractivity contribution is 5.98. The molecule has 2 saturated carbocycles. The normalized spacial score (nSPS) is 30.1. The summed E-state index contributed by atoms with van der Waals surface area (Å²) in [6.45, 7) is 7.67. The van der Waals surface area contributed by atoms with E-state index in [0.717, 1.165) is 31.6 Å². The lowest BCUT2D eigenvalue weighted by Gasteiger charge is -2.57. The van der Waals surface area contributed by atoms with Crippen molar-refractivity contribution in [1.82, 2.24) is 14.8 Å². The van der Waals surface area contributed by atoms with Crippen LogP contribution in [0.2, 0.25) is 0 Å². The highest BCUT2D eigenvalue weighted by Gasteiger charge is 2.52. The molecule has 1 saturated heterocycles. The van der Waals surface area contributed by atoms with Crippen molar-refractivity contribution in [3.05, 3.63) is 29.6 Å². The van der Waals surface area contributed by atoms with Gasteiger partial charge in [-0.05, 0) is 79.9 Å². The predicted molar refractivity (Wildman–Crippen MR) is 117 cm³/mol. The number of aryl methyl sites for hydroxylation is 1. The Bertz CT molecular complexity index is 1040. The van der Waals surface area contributed by atoms with Gasteiger partial charge in [0.1, 0.15) is 0 Å². The molecule has 1 spiro atoms. The van der Waals surface area contributed by atoms with E-state index in [1.807, 2.05) is 6.20 Å². The van der Waals surface area contributed by atoms with Crippen molar-refractivity contribution in [2.45, 2.75) is 77.2 Å². The molecule has 0 unspecified atom stereocenters. The number of rotatable bonds is 4. The second-order valence-electron chi connectivity index (χ2n) is 10.3. The van der Waals surface area contributed by atoms with Crippen LogP contribution in [-0.4, -0.2) is 28.0 Å². The molecule has 154 valence electrons. The monoisotopic (exact) mass is 391 g/mol. The molecule has 2 aliphatic carbocycles. The van der Waals surface area contributed by atoms with E-state index in [1.165, 1.54) is 66.8 Å². The smallest absolute Gasteiger partial charge is 0.0657 e. The van der Waals surface area contributed by atoms with Crippen molar-refractivity contribution >= 4 is 21.8 Å². The molecule has 2 aromatic heterocycles. The highest BCUT2D eigenvalue weighted by Crippen LogP contribution is 2.65. The summed E-state index contributed by atoms with van der Waals surface area (Å²) in [6.07, 6.45) is 11.2. The van der Waals surface area contributed by atoms with E-state index in [0.29, 0.717) is 11.3 Å². The summed E-state index contributed by atoms with van der Waals surface area (Å²) >= 11 is 0. The Hall–Kier alpha value is -1.81. The van der Waals surface area contributed by atoms with Gasteiger partial charge in [-0.2, -0.15) is 5.10 Å². The molecule has 1 N–H and O–H groups in total. The maximum absolute atomic E-state index is 5.74. The summed E-state index contributed by atoms with van der Waals surface area (Å²) in [7, 11) is 0. The van der Waals surface area contributed by atoms with Crippen LogP contribution in [0.5, 0.6) is 0 Å². The van der Waals surface area contributed by atoms with Crippen molar-refractivity contribution < 1.29 is 4.74 Å². The molecule has 1 aliphatic heterocycles. The summed E-state index contributed by atoms with van der Waals surface area (Å²) in [5.74, 6) is 2.32. The molecule has 29 heavy (non-hydrogen) atoms. The fourth-order valence-electron chi connectivity index (χ4n) is 7.08. The van der Waals surface area contributed by atoms with Crippen LogP contribution in [0.3, 0.4) is 0 Å². The van der Waals surface area contributed by atoms with Gasteiger partial charge in [0.2, 0.25) is 0 Å². The zero-order valence-corrected chi connectivity index (χ0v) is 17.8. The van der Waals surface area contributed by atoms with Gasteiger partial charge in [0.15, 0.2) is 0 Å². The zero-order chi connectivity index (χ0) is 19.6. The Morgan fingerprint density at radius 2 is 1.93 bits per heavy atom. The van der Waals surface area contributed by atoms with Crippen molar-refractivity contribution in [2.75, 3.05) is 13.2 Å². The zero-order valence-electron chi connectivity index (χ0n) is 17.8. The minimum atomic E-state index is 0.644. The number of hydrogen-bond acceptors (Lipinski definition) is 2. The Balaban J connectivity index is 1.52. The van der Waals surface area contributed by atoms with Gasteiger partial charge in [0.05, 0.1) is 11.7 Å². The van der Waals surface area contributed by atoms with Gasteiger partial charge >= 0.3 is 0 Å². The van der Waals surface area contributed by atoms with Crippen LogP contribution in [0.1, 0.15) is 81.9 Å². The van der Waals surface area contributed by atoms with Crippen molar-refractivity contribution in [3.63, 3.8) is 0 Å². The van der Waals surface area contributed by atoms with E-state index in [2.05, 4.69) is 40.7 Å². The number of aromatic nitrogens is 3. The van der Waals surface area contributed by atoms with E-state index < -0.39 is 0 Å². The minimum absolute atomic E-state index is 0.644. The number of nitrogens with one attached hydrogen (secondary N) is 1. The van der Waals surface area contributed by atoms with Crippen LogP contribution < -0.4 is 0 Å². The number of ether oxygens (including phenoxy) is 1. The number of nitrogens with zero attached hydrogens (tertiary/aromatic N) is 2. The van der Waals surface area contributed by atoms with Crippen LogP contribution in [0, 0.1) is 11.3 Å². The Labute approximate surface area is 173 Å². The van der Waals surface area contributed by atoms with Gasteiger partial charge in [0, 0.05) is 47.7 Å². The van der Waals surface area contributed by atoms with Crippen LogP contribution in [0.25, 0.3) is 21.8 Å². The summed E-state index contributed by atoms with van der Waals surface area (Å²) in [4.78, 5) is 0. The van der Waals surface area contributed by atoms with Gasteiger partial charge in [-0.3, -0.25) is 5.10 Å². The fraction of sp³-hybridized carbons (Fsp3) is 0.640. The Kier molecular flexibility index (Phi) is 4.09. The van der Waals surface area contributed by atoms with E-state index in [9.17, 15) is 0 Å². The quantitative estimate of drug-likeness (QED) is 0.582. The van der Waals surface area contributed by atoms with Gasteiger partial charge in [-0.15, -0.1) is 0 Å². The first-order valence-corrected chi connectivity index (χ1v) is 11.7. The first-order valence-electron chi connectivity index (χ1n) is 11.7. The number of fused-ring (bicyclic) bond motifs is 2. The van der Waals surface area contributed by atoms with Crippen LogP contribution in [0.15, 0.2) is 18.3 Å². The van der Waals surface area contributed by atoms with Crippen LogP contribution in [-0.2, 0) is 11.3 Å². The summed E-state index contributed by atoms with van der Waals surface area (Å²) < 4.78 is 8.42. The maximum Gasteiger partial charge on any atom is 0.0657 e. The molecule has 1 aromatic carbocycles. The lowest BCUT2D eigenvalue weighted by atomic mass is 9.47. The molecule has 3 aliphatic rings. The Morgan fingerprint density at radius 1 is 1.14 bits per heavy atom. The number of hydrogen-bond donors (Lipinski definition) is 1. The lowest BCUT2D eigenvalue weighted by molar-refractivity contribution is -0.0342. The van der Waals surface area contributed by atoms with Gasteiger partial charge in [0.25, 0.3) is 0 Å². The van der Waals surface area contributed by atoms with Crippen molar-refractivity contribution in [3.8, 4) is 0 Å². The molecule has 3 fully saturated rings. The second-order valence-corrected chi connectivity index (χ2v) is 10.3. The molecule has 0 amide bonds.